The second kappa shape index (κ2) is 25.1. The van der Waals surface area contributed by atoms with Crippen LogP contribution in [0, 0.1) is 0 Å². The van der Waals surface area contributed by atoms with Gasteiger partial charge in [-0.1, -0.05) is 263 Å². The molecular weight excluding hydrogens is 1210 g/mol. The van der Waals surface area contributed by atoms with Crippen LogP contribution in [0.1, 0.15) is 300 Å². The van der Waals surface area contributed by atoms with Gasteiger partial charge in [0, 0.05) is 51.4 Å². The first kappa shape index (κ1) is 71.4. The van der Waals surface area contributed by atoms with E-state index in [9.17, 15) is 20.4 Å². The Morgan fingerprint density at radius 1 is 0.184 bits per heavy atom. The molecule has 8 aromatic carbocycles. The summed E-state index contributed by atoms with van der Waals surface area (Å²) in [6.07, 6.45) is 3.10. The SMILES string of the molecule is CC(C)(C)c1cc2c(O)c(c1)Cc1cc(C(C)(C)C)cc(c1O)Cc1cc(C(C)(C)C)cc3c1OCOc1c(cc(C(C)(C)C)cc1Cc1cc(C(C)(C)C)cc4c1OCOc1c(cc(C(C)(C)C)cc1C4)Cc1cc(C(C)(C)C)cc(c1O)Cc1cc(C(C)(C)C)cc(c1O)C2)C3. The van der Waals surface area contributed by atoms with Crippen LogP contribution in [-0.2, 0) is 94.7 Å². The molecule has 20 bridgehead atoms. The van der Waals surface area contributed by atoms with Crippen molar-refractivity contribution < 1.29 is 39.4 Å². The Morgan fingerprint density at radius 3 is 0.408 bits per heavy atom. The monoisotopic (exact) mass is 1320 g/mol. The molecule has 0 amide bonds. The molecule has 0 atom stereocenters. The summed E-state index contributed by atoms with van der Waals surface area (Å²) in [4.78, 5) is 0. The maximum atomic E-state index is 13.0. The third-order valence-corrected chi connectivity index (χ3v) is 20.8. The van der Waals surface area contributed by atoms with Gasteiger partial charge < -0.3 is 39.4 Å². The maximum Gasteiger partial charge on any atom is 0.230 e. The summed E-state index contributed by atoms with van der Waals surface area (Å²) in [5.41, 5.74) is 20.7. The Kier molecular flexibility index (Phi) is 18.3. The smallest absolute Gasteiger partial charge is 0.230 e. The van der Waals surface area contributed by atoms with Gasteiger partial charge in [0.2, 0.25) is 13.6 Å². The van der Waals surface area contributed by atoms with E-state index in [1.165, 1.54) is 22.3 Å². The lowest BCUT2D eigenvalue weighted by molar-refractivity contribution is 0.112. The van der Waals surface area contributed by atoms with Crippen molar-refractivity contribution in [2.75, 3.05) is 13.6 Å². The largest absolute Gasteiger partial charge is 0.507 e. The highest BCUT2D eigenvalue weighted by atomic mass is 16.7. The predicted molar refractivity (Wildman–Crippen MR) is 402 cm³/mol. The molecule has 0 fully saturated rings. The molecule has 1 aliphatic carbocycles. The van der Waals surface area contributed by atoms with E-state index in [-0.39, 0.29) is 99.2 Å². The Morgan fingerprint density at radius 2 is 0.286 bits per heavy atom. The van der Waals surface area contributed by atoms with E-state index in [0.29, 0.717) is 65.5 Å². The van der Waals surface area contributed by atoms with Gasteiger partial charge in [-0.2, -0.15) is 0 Å². The second-order valence-electron chi connectivity index (χ2n) is 37.3. The quantitative estimate of drug-likeness (QED) is 0.119. The summed E-state index contributed by atoms with van der Waals surface area (Å²) in [5.74, 6) is 3.74. The molecule has 0 unspecified atom stereocenters. The maximum absolute atomic E-state index is 13.0. The van der Waals surface area contributed by atoms with Crippen molar-refractivity contribution in [3.05, 3.63) is 231 Å². The molecule has 8 aromatic rings. The number of aromatic hydroxyl groups is 4. The minimum atomic E-state index is -0.327. The molecule has 0 radical (unpaired) electrons. The van der Waals surface area contributed by atoms with E-state index < -0.39 is 0 Å². The molecule has 98 heavy (non-hydrogen) atoms. The van der Waals surface area contributed by atoms with Crippen molar-refractivity contribution in [3.63, 3.8) is 0 Å². The minimum Gasteiger partial charge on any atom is -0.507 e. The molecule has 5 aliphatic heterocycles. The Hall–Kier alpha value is -7.84. The van der Waals surface area contributed by atoms with Gasteiger partial charge in [-0.25, -0.2) is 0 Å². The van der Waals surface area contributed by atoms with Gasteiger partial charge in [0.15, 0.2) is 0 Å². The van der Waals surface area contributed by atoms with E-state index >= 15 is 0 Å². The van der Waals surface area contributed by atoms with Crippen molar-refractivity contribution in [2.45, 2.75) is 261 Å². The zero-order valence-corrected chi connectivity index (χ0v) is 63.7. The van der Waals surface area contributed by atoms with Crippen molar-refractivity contribution >= 4 is 0 Å². The van der Waals surface area contributed by atoms with Crippen molar-refractivity contribution in [3.8, 4) is 46.0 Å². The molecule has 4 N–H and O–H groups in total. The van der Waals surface area contributed by atoms with E-state index in [0.717, 1.165) is 101 Å². The molecule has 520 valence electrons. The molecular formula is C90H112O8. The summed E-state index contributed by atoms with van der Waals surface area (Å²) >= 11 is 0. The van der Waals surface area contributed by atoms with Crippen LogP contribution in [0.25, 0.3) is 0 Å². The minimum absolute atomic E-state index is 0.0341. The molecule has 0 aromatic heterocycles. The molecule has 8 heteroatoms. The molecule has 6 aliphatic rings. The topological polar surface area (TPSA) is 118 Å². The molecule has 0 saturated carbocycles. The first-order chi connectivity index (χ1) is 45.2. The molecule has 0 spiro atoms. The predicted octanol–water partition coefficient (Wildman–Crippen LogP) is 21.4. The van der Waals surface area contributed by atoms with Gasteiger partial charge in [0.05, 0.1) is 0 Å². The number of ether oxygens (including phenoxy) is 4. The van der Waals surface area contributed by atoms with Crippen LogP contribution >= 0.6 is 0 Å². The van der Waals surface area contributed by atoms with Crippen molar-refractivity contribution in [2.24, 2.45) is 0 Å². The third-order valence-electron chi connectivity index (χ3n) is 20.8. The van der Waals surface area contributed by atoms with Crippen molar-refractivity contribution in [1.29, 1.82) is 0 Å². The van der Waals surface area contributed by atoms with Gasteiger partial charge in [-0.15, -0.1) is 0 Å². The number of hydrogen-bond acceptors (Lipinski definition) is 8. The van der Waals surface area contributed by atoms with Gasteiger partial charge in [0.25, 0.3) is 0 Å². The number of hydrogen-bond donors (Lipinski definition) is 4. The highest BCUT2D eigenvalue weighted by molar-refractivity contribution is 5.63. The van der Waals surface area contributed by atoms with Gasteiger partial charge in [0.1, 0.15) is 46.0 Å². The average Bonchev–Trinajstić information content (AvgIpc) is 0.768. The lowest BCUT2D eigenvalue weighted by Crippen LogP contribution is -2.20. The van der Waals surface area contributed by atoms with E-state index in [2.05, 4.69) is 263 Å². The van der Waals surface area contributed by atoms with Crippen LogP contribution in [0.15, 0.2) is 97.1 Å². The van der Waals surface area contributed by atoms with Gasteiger partial charge in [-0.3, -0.25) is 0 Å². The summed E-state index contributed by atoms with van der Waals surface area (Å²) in [5, 5.41) is 51.8. The van der Waals surface area contributed by atoms with Crippen molar-refractivity contribution in [1.82, 2.24) is 0 Å². The van der Waals surface area contributed by atoms with Crippen LogP contribution in [0.4, 0.5) is 0 Å². The zero-order valence-electron chi connectivity index (χ0n) is 63.7. The second-order valence-corrected chi connectivity index (χ2v) is 37.3. The van der Waals surface area contributed by atoms with Gasteiger partial charge >= 0.3 is 0 Å². The van der Waals surface area contributed by atoms with Gasteiger partial charge in [-0.05, 0) is 177 Å². The van der Waals surface area contributed by atoms with Crippen LogP contribution in [0.5, 0.6) is 46.0 Å². The molecule has 14 rings (SSSR count). The lowest BCUT2D eigenvalue weighted by atomic mass is 9.79. The fourth-order valence-corrected chi connectivity index (χ4v) is 14.3. The lowest BCUT2D eigenvalue weighted by Gasteiger charge is -2.30. The number of rotatable bonds is 0. The number of phenolic OH excluding ortho intramolecular Hbond substituents is 4. The average molecular weight is 1320 g/mol. The molecule has 8 nitrogen and oxygen atoms in total. The first-order valence-corrected chi connectivity index (χ1v) is 35.8. The van der Waals surface area contributed by atoms with E-state index in [1.54, 1.807) is 0 Å². The highest BCUT2D eigenvalue weighted by Gasteiger charge is 2.33. The summed E-state index contributed by atoms with van der Waals surface area (Å²) < 4.78 is 28.1. The van der Waals surface area contributed by atoms with Crippen LogP contribution in [-0.4, -0.2) is 34.0 Å². The Labute approximate surface area is 587 Å². The normalized spacial score (nSPS) is 15.0. The zero-order chi connectivity index (χ0) is 71.7. The number of phenols is 4. The fraction of sp³-hybridized carbons (Fsp3) is 0.467. The van der Waals surface area contributed by atoms with Crippen LogP contribution in [0.2, 0.25) is 0 Å². The standard InChI is InChI=1S/C90H112O8/c1-83(2,3)67-33-51-25-52-34-68(84(4,5)6)36-54(76(52)92)27-56-38-70(86(10,11)12)40-58(78(56)94)29-60-42-72(88(16,17)18)44-62-31-64-46-74(90(22,23)24)48-66(82(64)98-50-96-80(60)62)32-65-47-73(89(19,20)21)45-63-30-61-43-71(87(13,14)15)41-59(79(61)95-49-97-81(63)65)28-57-39-69(85(7,8)9)37-55(77(57)93)26-53(35-67)75(51)91/h33-48,91-94H,25-32,49-50H2,1-24H3. The third kappa shape index (κ3) is 14.9. The summed E-state index contributed by atoms with van der Waals surface area (Å²) in [6.45, 7) is 53.5. The first-order valence-electron chi connectivity index (χ1n) is 35.8. The van der Waals surface area contributed by atoms with E-state index in [1.807, 2.05) is 0 Å². The van der Waals surface area contributed by atoms with Crippen LogP contribution in [0.3, 0.4) is 0 Å². The molecule has 0 saturated heterocycles. The Balaban J connectivity index is 1.19. The fourth-order valence-electron chi connectivity index (χ4n) is 14.3. The highest BCUT2D eigenvalue weighted by Crippen LogP contribution is 2.48. The molecule has 5 heterocycles. The summed E-state index contributed by atoms with van der Waals surface area (Å²) in [6, 6.07) is 35.4. The van der Waals surface area contributed by atoms with E-state index in [4.69, 9.17) is 18.9 Å². The van der Waals surface area contributed by atoms with Crippen LogP contribution < -0.4 is 18.9 Å². The summed E-state index contributed by atoms with van der Waals surface area (Å²) in [7, 11) is 0. The Bertz CT molecular complexity index is 4150. The number of benzene rings is 8.